The number of aryl methyl sites for hydroxylation is 1. The van der Waals surface area contributed by atoms with E-state index in [2.05, 4.69) is 25.3 Å². The number of hydrogen-bond donors (Lipinski definition) is 2. The highest BCUT2D eigenvalue weighted by atomic mass is 16.5. The molecule has 0 saturated carbocycles. The fraction of sp³-hybridized carbons (Fsp3) is 0.267. The van der Waals surface area contributed by atoms with Crippen molar-refractivity contribution in [1.29, 1.82) is 0 Å². The Balaban J connectivity index is 2.08. The van der Waals surface area contributed by atoms with Gasteiger partial charge in [0.1, 0.15) is 0 Å². The molecule has 0 amide bonds. The van der Waals surface area contributed by atoms with Crippen LogP contribution < -0.4 is 10.6 Å². The Labute approximate surface area is 123 Å². The SMILES string of the molecule is CNc1ccc(CNc2nc(C)cc(C(=O)OC)n2)cc1. The zero-order valence-corrected chi connectivity index (χ0v) is 12.3. The number of nitrogens with one attached hydrogen (secondary N) is 2. The van der Waals surface area contributed by atoms with Crippen LogP contribution in [0.1, 0.15) is 21.7 Å². The van der Waals surface area contributed by atoms with Gasteiger partial charge >= 0.3 is 5.97 Å². The molecule has 0 aliphatic heterocycles. The van der Waals surface area contributed by atoms with Gasteiger partial charge in [0, 0.05) is 25.0 Å². The van der Waals surface area contributed by atoms with E-state index in [1.54, 1.807) is 13.0 Å². The molecule has 21 heavy (non-hydrogen) atoms. The van der Waals surface area contributed by atoms with Gasteiger partial charge in [0.25, 0.3) is 0 Å². The molecule has 0 spiro atoms. The summed E-state index contributed by atoms with van der Waals surface area (Å²) in [6, 6.07) is 9.60. The number of esters is 1. The second kappa shape index (κ2) is 6.69. The van der Waals surface area contributed by atoms with Crippen LogP contribution in [0.25, 0.3) is 0 Å². The van der Waals surface area contributed by atoms with Crippen LogP contribution in [0.15, 0.2) is 30.3 Å². The monoisotopic (exact) mass is 286 g/mol. The van der Waals surface area contributed by atoms with Crippen molar-refractivity contribution >= 4 is 17.6 Å². The third-order valence-electron chi connectivity index (χ3n) is 2.94. The molecule has 1 heterocycles. The molecule has 0 atom stereocenters. The van der Waals surface area contributed by atoms with Crippen molar-refractivity contribution in [3.63, 3.8) is 0 Å². The summed E-state index contributed by atoms with van der Waals surface area (Å²) in [5.41, 5.74) is 3.11. The molecule has 0 saturated heterocycles. The first-order valence-electron chi connectivity index (χ1n) is 6.57. The van der Waals surface area contributed by atoms with Gasteiger partial charge in [-0.2, -0.15) is 0 Å². The topological polar surface area (TPSA) is 76.1 Å². The van der Waals surface area contributed by atoms with Crippen molar-refractivity contribution in [2.24, 2.45) is 0 Å². The minimum absolute atomic E-state index is 0.248. The minimum Gasteiger partial charge on any atom is -0.464 e. The molecule has 6 heteroatoms. The van der Waals surface area contributed by atoms with Gasteiger partial charge in [-0.3, -0.25) is 0 Å². The Hall–Kier alpha value is -2.63. The average molecular weight is 286 g/mol. The zero-order valence-electron chi connectivity index (χ0n) is 12.3. The summed E-state index contributed by atoms with van der Waals surface area (Å²) in [6.45, 7) is 2.38. The molecular weight excluding hydrogens is 268 g/mol. The molecule has 0 aliphatic rings. The smallest absolute Gasteiger partial charge is 0.356 e. The molecule has 110 valence electrons. The van der Waals surface area contributed by atoms with Crippen molar-refractivity contribution < 1.29 is 9.53 Å². The maximum atomic E-state index is 11.5. The largest absolute Gasteiger partial charge is 0.464 e. The maximum Gasteiger partial charge on any atom is 0.356 e. The predicted octanol–water partition coefficient (Wildman–Crippen LogP) is 2.23. The molecule has 0 aliphatic carbocycles. The van der Waals surface area contributed by atoms with Crippen LogP contribution in [-0.2, 0) is 11.3 Å². The number of nitrogens with zero attached hydrogens (tertiary/aromatic N) is 2. The third kappa shape index (κ3) is 3.92. The van der Waals surface area contributed by atoms with Gasteiger partial charge in [-0.15, -0.1) is 0 Å². The molecule has 2 aromatic rings. The first kappa shape index (κ1) is 14.8. The number of carbonyl (C=O) groups excluding carboxylic acids is 1. The Morgan fingerprint density at radius 1 is 1.24 bits per heavy atom. The number of rotatable bonds is 5. The van der Waals surface area contributed by atoms with Gasteiger partial charge in [0.05, 0.1) is 7.11 Å². The number of hydrogen-bond acceptors (Lipinski definition) is 6. The lowest BCUT2D eigenvalue weighted by Crippen LogP contribution is -2.10. The first-order chi connectivity index (χ1) is 10.1. The van der Waals surface area contributed by atoms with E-state index in [-0.39, 0.29) is 5.69 Å². The standard InChI is InChI=1S/C15H18N4O2/c1-10-8-13(14(20)21-3)19-15(18-10)17-9-11-4-6-12(16-2)7-5-11/h4-8,16H,9H2,1-3H3,(H,17,18,19). The quantitative estimate of drug-likeness (QED) is 0.821. The highest BCUT2D eigenvalue weighted by molar-refractivity contribution is 5.87. The van der Waals surface area contributed by atoms with E-state index < -0.39 is 5.97 Å². The Bertz CT molecular complexity index is 626. The van der Waals surface area contributed by atoms with Gasteiger partial charge in [-0.25, -0.2) is 14.8 Å². The lowest BCUT2D eigenvalue weighted by molar-refractivity contribution is 0.0594. The molecule has 2 rings (SSSR count). The zero-order chi connectivity index (χ0) is 15.2. The maximum absolute atomic E-state index is 11.5. The van der Waals surface area contributed by atoms with Crippen molar-refractivity contribution in [2.45, 2.75) is 13.5 Å². The van der Waals surface area contributed by atoms with Gasteiger partial charge in [-0.1, -0.05) is 12.1 Å². The minimum atomic E-state index is -0.470. The van der Waals surface area contributed by atoms with Crippen molar-refractivity contribution in [1.82, 2.24) is 9.97 Å². The van der Waals surface area contributed by atoms with Crippen LogP contribution >= 0.6 is 0 Å². The number of anilines is 2. The molecule has 0 unspecified atom stereocenters. The van der Waals surface area contributed by atoms with Gasteiger partial charge in [0.2, 0.25) is 5.95 Å². The summed E-state index contributed by atoms with van der Waals surface area (Å²) in [7, 11) is 3.21. The molecule has 0 bridgehead atoms. The van der Waals surface area contributed by atoms with Crippen LogP contribution in [0.3, 0.4) is 0 Å². The molecule has 1 aromatic heterocycles. The second-order valence-electron chi connectivity index (χ2n) is 4.51. The third-order valence-corrected chi connectivity index (χ3v) is 2.94. The van der Waals surface area contributed by atoms with E-state index in [9.17, 15) is 4.79 Å². The summed E-state index contributed by atoms with van der Waals surface area (Å²) in [5.74, 6) is -0.0602. The average Bonchev–Trinajstić information content (AvgIpc) is 2.52. The Morgan fingerprint density at radius 3 is 2.57 bits per heavy atom. The summed E-state index contributed by atoms with van der Waals surface area (Å²) in [4.78, 5) is 19.9. The summed E-state index contributed by atoms with van der Waals surface area (Å²) in [5, 5.41) is 6.17. The van der Waals surface area contributed by atoms with Crippen molar-refractivity contribution in [3.05, 3.63) is 47.3 Å². The molecule has 0 radical (unpaired) electrons. The molecule has 6 nitrogen and oxygen atoms in total. The van der Waals surface area contributed by atoms with Crippen LogP contribution in [0.4, 0.5) is 11.6 Å². The van der Waals surface area contributed by atoms with E-state index in [4.69, 9.17) is 0 Å². The normalized spacial score (nSPS) is 10.0. The first-order valence-corrected chi connectivity index (χ1v) is 6.57. The fourth-order valence-corrected chi connectivity index (χ4v) is 1.83. The lowest BCUT2D eigenvalue weighted by atomic mass is 10.2. The van der Waals surface area contributed by atoms with Gasteiger partial charge in [0.15, 0.2) is 5.69 Å². The Morgan fingerprint density at radius 2 is 1.95 bits per heavy atom. The number of methoxy groups -OCH3 is 1. The van der Waals surface area contributed by atoms with Crippen LogP contribution in [0, 0.1) is 6.92 Å². The second-order valence-corrected chi connectivity index (χ2v) is 4.51. The molecule has 2 N–H and O–H groups in total. The van der Waals surface area contributed by atoms with E-state index in [0.717, 1.165) is 11.3 Å². The number of ether oxygens (including phenoxy) is 1. The lowest BCUT2D eigenvalue weighted by Gasteiger charge is -2.08. The highest BCUT2D eigenvalue weighted by Gasteiger charge is 2.10. The van der Waals surface area contributed by atoms with E-state index in [1.807, 2.05) is 31.3 Å². The fourth-order valence-electron chi connectivity index (χ4n) is 1.83. The van der Waals surface area contributed by atoms with Gasteiger partial charge < -0.3 is 15.4 Å². The molecule has 1 aromatic carbocycles. The van der Waals surface area contributed by atoms with Crippen molar-refractivity contribution in [2.75, 3.05) is 24.8 Å². The van der Waals surface area contributed by atoms with E-state index in [0.29, 0.717) is 18.2 Å². The van der Waals surface area contributed by atoms with Crippen LogP contribution in [0.5, 0.6) is 0 Å². The van der Waals surface area contributed by atoms with Crippen LogP contribution in [0.2, 0.25) is 0 Å². The van der Waals surface area contributed by atoms with Crippen molar-refractivity contribution in [3.8, 4) is 0 Å². The van der Waals surface area contributed by atoms with E-state index in [1.165, 1.54) is 7.11 Å². The Kier molecular flexibility index (Phi) is 4.71. The van der Waals surface area contributed by atoms with Crippen LogP contribution in [-0.4, -0.2) is 30.1 Å². The summed E-state index contributed by atoms with van der Waals surface area (Å²) >= 11 is 0. The number of carbonyl (C=O) groups is 1. The molecular formula is C15H18N4O2. The van der Waals surface area contributed by atoms with E-state index >= 15 is 0 Å². The predicted molar refractivity (Wildman–Crippen MR) is 81.4 cm³/mol. The summed E-state index contributed by atoms with van der Waals surface area (Å²) in [6.07, 6.45) is 0. The van der Waals surface area contributed by atoms with Gasteiger partial charge in [-0.05, 0) is 30.7 Å². The highest BCUT2D eigenvalue weighted by Crippen LogP contribution is 2.11. The number of aromatic nitrogens is 2. The molecule has 0 fully saturated rings. The number of benzene rings is 1. The summed E-state index contributed by atoms with van der Waals surface area (Å²) < 4.78 is 4.67.